The monoisotopic (exact) mass is 233 g/mol. The Balaban J connectivity index is 3.35. The molecule has 88 valence electrons. The molecule has 1 aromatic rings. The van der Waals surface area contributed by atoms with Gasteiger partial charge in [0.25, 0.3) is 0 Å². The number of ketones is 1. The van der Waals surface area contributed by atoms with Crippen LogP contribution < -0.4 is 10.5 Å². The number of hydrogen-bond acceptors (Lipinski definition) is 3. The van der Waals surface area contributed by atoms with Gasteiger partial charge in [0.05, 0.1) is 12.7 Å². The summed E-state index contributed by atoms with van der Waals surface area (Å²) in [7, 11) is 1.09. The number of nitrogens with two attached hydrogens (primary N) is 1. The number of carbonyl (C=O) groups excluding carboxylic acids is 1. The molecular formula is C10H10F3NO2. The Bertz CT molecular complexity index is 421. The molecule has 1 rings (SSSR count). The van der Waals surface area contributed by atoms with Crippen LogP contribution in [0.4, 0.5) is 13.2 Å². The van der Waals surface area contributed by atoms with E-state index in [4.69, 9.17) is 5.73 Å². The molecule has 16 heavy (non-hydrogen) atoms. The maximum atomic E-state index is 13.5. The van der Waals surface area contributed by atoms with Crippen molar-refractivity contribution in [2.45, 2.75) is 6.42 Å². The second-order valence-electron chi connectivity index (χ2n) is 3.03. The zero-order valence-electron chi connectivity index (χ0n) is 8.52. The lowest BCUT2D eigenvalue weighted by molar-refractivity contribution is 0.0975. The van der Waals surface area contributed by atoms with Gasteiger partial charge in [-0.25, -0.2) is 13.2 Å². The predicted molar refractivity (Wildman–Crippen MR) is 50.9 cm³/mol. The van der Waals surface area contributed by atoms with E-state index in [-0.39, 0.29) is 13.0 Å². The maximum Gasteiger partial charge on any atom is 0.179 e. The Kier molecular flexibility index (Phi) is 3.89. The van der Waals surface area contributed by atoms with E-state index in [1.54, 1.807) is 0 Å². The smallest absolute Gasteiger partial charge is 0.179 e. The molecular weight excluding hydrogens is 223 g/mol. The van der Waals surface area contributed by atoms with Crippen LogP contribution in [0.3, 0.4) is 0 Å². The van der Waals surface area contributed by atoms with E-state index in [2.05, 4.69) is 4.74 Å². The molecule has 0 spiro atoms. The van der Waals surface area contributed by atoms with Crippen molar-refractivity contribution < 1.29 is 22.7 Å². The van der Waals surface area contributed by atoms with Crippen LogP contribution in [0, 0.1) is 17.5 Å². The quantitative estimate of drug-likeness (QED) is 0.635. The lowest BCUT2D eigenvalue weighted by atomic mass is 10.1. The van der Waals surface area contributed by atoms with Gasteiger partial charge < -0.3 is 10.5 Å². The van der Waals surface area contributed by atoms with Crippen LogP contribution in [0.5, 0.6) is 5.75 Å². The van der Waals surface area contributed by atoms with Gasteiger partial charge >= 0.3 is 0 Å². The molecule has 0 saturated heterocycles. The van der Waals surface area contributed by atoms with E-state index in [1.807, 2.05) is 0 Å². The average molecular weight is 233 g/mol. The predicted octanol–water partition coefficient (Wildman–Crippen LogP) is 1.64. The van der Waals surface area contributed by atoms with Crippen molar-refractivity contribution in [1.29, 1.82) is 0 Å². The highest BCUT2D eigenvalue weighted by Gasteiger charge is 2.24. The van der Waals surface area contributed by atoms with Crippen molar-refractivity contribution in [2.24, 2.45) is 5.73 Å². The Labute approximate surface area is 90.0 Å². The average Bonchev–Trinajstić information content (AvgIpc) is 2.24. The summed E-state index contributed by atoms with van der Waals surface area (Å²) in [5.41, 5.74) is 4.14. The highest BCUT2D eigenvalue weighted by molar-refractivity contribution is 5.97. The molecule has 0 aliphatic rings. The van der Waals surface area contributed by atoms with Crippen molar-refractivity contribution in [1.82, 2.24) is 0 Å². The lowest BCUT2D eigenvalue weighted by Crippen LogP contribution is -2.13. The first kappa shape index (κ1) is 12.5. The van der Waals surface area contributed by atoms with Crippen LogP contribution in [0.1, 0.15) is 16.8 Å². The van der Waals surface area contributed by atoms with Crippen molar-refractivity contribution in [3.8, 4) is 5.75 Å². The topological polar surface area (TPSA) is 52.3 Å². The van der Waals surface area contributed by atoms with Crippen molar-refractivity contribution >= 4 is 5.78 Å². The minimum absolute atomic E-state index is 0.0729. The van der Waals surface area contributed by atoms with E-state index >= 15 is 0 Å². The van der Waals surface area contributed by atoms with E-state index in [0.29, 0.717) is 6.07 Å². The number of hydrogen-bond donors (Lipinski definition) is 1. The van der Waals surface area contributed by atoms with Gasteiger partial charge in [-0.2, -0.15) is 0 Å². The van der Waals surface area contributed by atoms with Crippen LogP contribution in [0.15, 0.2) is 6.07 Å². The van der Waals surface area contributed by atoms with Gasteiger partial charge in [-0.05, 0) is 6.54 Å². The summed E-state index contributed by atoms with van der Waals surface area (Å²) in [5.74, 6) is -5.47. The minimum atomic E-state index is -1.52. The third-order valence-corrected chi connectivity index (χ3v) is 1.99. The molecule has 0 atom stereocenters. The van der Waals surface area contributed by atoms with Crippen molar-refractivity contribution in [2.75, 3.05) is 13.7 Å². The fraction of sp³-hybridized carbons (Fsp3) is 0.300. The van der Waals surface area contributed by atoms with Gasteiger partial charge in [-0.3, -0.25) is 4.79 Å². The largest absolute Gasteiger partial charge is 0.494 e. The summed E-state index contributed by atoms with van der Waals surface area (Å²) < 4.78 is 44.2. The number of ether oxygens (including phenoxy) is 1. The third kappa shape index (κ3) is 2.16. The highest BCUT2D eigenvalue weighted by atomic mass is 19.2. The molecule has 0 radical (unpaired) electrons. The van der Waals surface area contributed by atoms with Crippen molar-refractivity contribution in [3.05, 3.63) is 29.1 Å². The summed E-state index contributed by atoms with van der Waals surface area (Å²) in [6, 6.07) is 0.546. The molecule has 0 unspecified atom stereocenters. The number of halogens is 3. The van der Waals surface area contributed by atoms with Crippen LogP contribution in [-0.2, 0) is 0 Å². The maximum absolute atomic E-state index is 13.5. The Morgan fingerprint density at radius 3 is 2.50 bits per heavy atom. The van der Waals surface area contributed by atoms with Crippen LogP contribution in [-0.4, -0.2) is 19.4 Å². The van der Waals surface area contributed by atoms with Crippen LogP contribution >= 0.6 is 0 Å². The van der Waals surface area contributed by atoms with E-state index < -0.39 is 34.5 Å². The lowest BCUT2D eigenvalue weighted by Gasteiger charge is -2.08. The van der Waals surface area contributed by atoms with Crippen LogP contribution in [0.2, 0.25) is 0 Å². The zero-order valence-corrected chi connectivity index (χ0v) is 8.52. The summed E-state index contributed by atoms with van der Waals surface area (Å²) in [6.45, 7) is -0.0729. The Morgan fingerprint density at radius 1 is 1.38 bits per heavy atom. The Morgan fingerprint density at radius 2 is 2.00 bits per heavy atom. The van der Waals surface area contributed by atoms with Crippen LogP contribution in [0.25, 0.3) is 0 Å². The minimum Gasteiger partial charge on any atom is -0.494 e. The molecule has 0 fully saturated rings. The molecule has 6 heteroatoms. The van der Waals surface area contributed by atoms with Gasteiger partial charge in [0, 0.05) is 12.5 Å². The third-order valence-electron chi connectivity index (χ3n) is 1.99. The number of Topliss-reactive ketones (excluding diaryl/α,β-unsaturated/α-hetero) is 1. The van der Waals surface area contributed by atoms with E-state index in [9.17, 15) is 18.0 Å². The van der Waals surface area contributed by atoms with Gasteiger partial charge in [0.15, 0.2) is 29.0 Å². The highest BCUT2D eigenvalue weighted by Crippen LogP contribution is 2.26. The fourth-order valence-corrected chi connectivity index (χ4v) is 1.23. The van der Waals surface area contributed by atoms with Crippen molar-refractivity contribution in [3.63, 3.8) is 0 Å². The molecule has 0 heterocycles. The number of rotatable bonds is 4. The second-order valence-corrected chi connectivity index (χ2v) is 3.03. The summed E-state index contributed by atoms with van der Waals surface area (Å²) in [4.78, 5) is 11.3. The van der Waals surface area contributed by atoms with Gasteiger partial charge in [0.2, 0.25) is 0 Å². The summed E-state index contributed by atoms with van der Waals surface area (Å²) >= 11 is 0. The van der Waals surface area contributed by atoms with Gasteiger partial charge in [-0.15, -0.1) is 0 Å². The SMILES string of the molecule is COc1cc(F)c(F)c(C(=O)CCN)c1F. The molecule has 0 aliphatic carbocycles. The fourth-order valence-electron chi connectivity index (χ4n) is 1.23. The van der Waals surface area contributed by atoms with E-state index in [0.717, 1.165) is 7.11 Å². The first-order chi connectivity index (χ1) is 7.52. The van der Waals surface area contributed by atoms with E-state index in [1.165, 1.54) is 0 Å². The first-order valence-electron chi connectivity index (χ1n) is 4.47. The van der Waals surface area contributed by atoms with Gasteiger partial charge in [0.1, 0.15) is 0 Å². The zero-order chi connectivity index (χ0) is 12.3. The second kappa shape index (κ2) is 4.98. The number of methoxy groups -OCH3 is 1. The molecule has 0 aromatic heterocycles. The molecule has 3 nitrogen and oxygen atoms in total. The number of carbonyl (C=O) groups is 1. The standard InChI is InChI=1S/C10H10F3NO2/c1-16-7-4-5(11)9(12)8(10(7)13)6(15)2-3-14/h4H,2-3,14H2,1H3. The Hall–Kier alpha value is -1.56. The molecule has 0 saturated carbocycles. The normalized spacial score (nSPS) is 10.3. The molecule has 0 aliphatic heterocycles. The molecule has 2 N–H and O–H groups in total. The molecule has 0 bridgehead atoms. The molecule has 1 aromatic carbocycles. The summed E-state index contributed by atoms with van der Waals surface area (Å²) in [6.07, 6.45) is -0.263. The molecule has 0 amide bonds. The summed E-state index contributed by atoms with van der Waals surface area (Å²) in [5, 5.41) is 0. The first-order valence-corrected chi connectivity index (χ1v) is 4.47. The van der Waals surface area contributed by atoms with Gasteiger partial charge in [-0.1, -0.05) is 0 Å². The number of benzene rings is 1.